The number of hydrogen-bond acceptors (Lipinski definition) is 4. The molecule has 7 nitrogen and oxygen atoms in total. The number of carbonyl (C=O) groups is 2. The van der Waals surface area contributed by atoms with E-state index in [9.17, 15) is 18.0 Å². The molecule has 1 atom stereocenters. The van der Waals surface area contributed by atoms with Gasteiger partial charge in [0.15, 0.2) is 0 Å². The van der Waals surface area contributed by atoms with Crippen LogP contribution in [0, 0.1) is 6.92 Å². The standard InChI is InChI=1S/C23H29Cl2N3O4S/c1-15(2)26-23(30)17(4)27(13-18-9-7-6-8-16(18)3)22(29)14-28(33(5,31)32)21-11-10-19(24)12-20(21)25/h6-12,15,17H,13-14H2,1-5H3,(H,26,30). The Kier molecular flexibility index (Phi) is 9.17. The molecular formula is C23H29Cl2N3O4S. The van der Waals surface area contributed by atoms with Gasteiger partial charge in [-0.05, 0) is 57.0 Å². The summed E-state index contributed by atoms with van der Waals surface area (Å²) in [5.74, 6) is -0.872. The van der Waals surface area contributed by atoms with Gasteiger partial charge in [-0.3, -0.25) is 13.9 Å². The molecule has 0 saturated carbocycles. The summed E-state index contributed by atoms with van der Waals surface area (Å²) in [6.45, 7) is 6.80. The summed E-state index contributed by atoms with van der Waals surface area (Å²) in [5.41, 5.74) is 1.94. The Balaban J connectivity index is 2.44. The van der Waals surface area contributed by atoms with Gasteiger partial charge in [-0.2, -0.15) is 0 Å². The van der Waals surface area contributed by atoms with Crippen molar-refractivity contribution in [1.82, 2.24) is 10.2 Å². The molecule has 2 aromatic rings. The van der Waals surface area contributed by atoms with Crippen molar-refractivity contribution < 1.29 is 18.0 Å². The number of halogens is 2. The van der Waals surface area contributed by atoms with Crippen molar-refractivity contribution in [2.75, 3.05) is 17.1 Å². The first-order chi connectivity index (χ1) is 15.3. The van der Waals surface area contributed by atoms with Gasteiger partial charge in [-0.1, -0.05) is 47.5 Å². The molecule has 1 N–H and O–H groups in total. The average Bonchev–Trinajstić information content (AvgIpc) is 2.70. The van der Waals surface area contributed by atoms with E-state index in [1.807, 2.05) is 45.0 Å². The van der Waals surface area contributed by atoms with E-state index in [0.29, 0.717) is 5.02 Å². The van der Waals surface area contributed by atoms with Gasteiger partial charge in [0.1, 0.15) is 12.6 Å². The van der Waals surface area contributed by atoms with E-state index >= 15 is 0 Å². The number of hydrogen-bond donors (Lipinski definition) is 1. The number of nitrogens with zero attached hydrogens (tertiary/aromatic N) is 2. The van der Waals surface area contributed by atoms with Crippen LogP contribution >= 0.6 is 23.2 Å². The maximum Gasteiger partial charge on any atom is 0.244 e. The van der Waals surface area contributed by atoms with Crippen LogP contribution in [0.1, 0.15) is 31.9 Å². The Morgan fingerprint density at radius 2 is 1.70 bits per heavy atom. The number of benzene rings is 2. The van der Waals surface area contributed by atoms with E-state index in [0.717, 1.165) is 21.7 Å². The topological polar surface area (TPSA) is 86.8 Å². The summed E-state index contributed by atoms with van der Waals surface area (Å²) >= 11 is 12.2. The molecule has 0 radical (unpaired) electrons. The summed E-state index contributed by atoms with van der Waals surface area (Å²) in [6, 6.07) is 10.9. The van der Waals surface area contributed by atoms with Crippen LogP contribution in [0.5, 0.6) is 0 Å². The number of anilines is 1. The van der Waals surface area contributed by atoms with Crippen molar-refractivity contribution in [2.24, 2.45) is 0 Å². The van der Waals surface area contributed by atoms with Gasteiger partial charge in [0.25, 0.3) is 0 Å². The highest BCUT2D eigenvalue weighted by atomic mass is 35.5. The van der Waals surface area contributed by atoms with Gasteiger partial charge >= 0.3 is 0 Å². The Hall–Kier alpha value is -2.29. The van der Waals surface area contributed by atoms with Gasteiger partial charge in [0, 0.05) is 17.6 Å². The smallest absolute Gasteiger partial charge is 0.244 e. The molecule has 0 fully saturated rings. The molecule has 10 heteroatoms. The molecule has 0 bridgehead atoms. The summed E-state index contributed by atoms with van der Waals surface area (Å²) in [5, 5.41) is 3.24. The Bertz CT molecular complexity index is 1120. The molecule has 2 aromatic carbocycles. The summed E-state index contributed by atoms with van der Waals surface area (Å²) < 4.78 is 26.1. The van der Waals surface area contributed by atoms with E-state index in [1.54, 1.807) is 6.92 Å². The highest BCUT2D eigenvalue weighted by molar-refractivity contribution is 7.92. The van der Waals surface area contributed by atoms with Crippen LogP contribution in [0.4, 0.5) is 5.69 Å². The van der Waals surface area contributed by atoms with Gasteiger partial charge in [-0.15, -0.1) is 0 Å². The maximum absolute atomic E-state index is 13.5. The molecular weight excluding hydrogens is 485 g/mol. The molecule has 1 unspecified atom stereocenters. The van der Waals surface area contributed by atoms with Crippen LogP contribution in [-0.4, -0.2) is 50.0 Å². The zero-order chi connectivity index (χ0) is 24.9. The second-order valence-electron chi connectivity index (χ2n) is 8.15. The Morgan fingerprint density at radius 1 is 1.06 bits per heavy atom. The van der Waals surface area contributed by atoms with Crippen molar-refractivity contribution in [3.63, 3.8) is 0 Å². The monoisotopic (exact) mass is 513 g/mol. The van der Waals surface area contributed by atoms with Crippen LogP contribution in [0.3, 0.4) is 0 Å². The quantitative estimate of drug-likeness (QED) is 0.548. The fraction of sp³-hybridized carbons (Fsp3) is 0.391. The normalized spacial score (nSPS) is 12.4. The van der Waals surface area contributed by atoms with E-state index in [1.165, 1.54) is 23.1 Å². The average molecular weight is 514 g/mol. The molecule has 0 aliphatic carbocycles. The number of aryl methyl sites for hydroxylation is 1. The molecule has 0 saturated heterocycles. The minimum absolute atomic E-state index is 0.0942. The van der Waals surface area contributed by atoms with Crippen LogP contribution in [-0.2, 0) is 26.2 Å². The predicted octanol–water partition coefficient (Wildman–Crippen LogP) is 4.01. The molecule has 0 aliphatic rings. The van der Waals surface area contributed by atoms with E-state index in [4.69, 9.17) is 23.2 Å². The van der Waals surface area contributed by atoms with Crippen molar-refractivity contribution in [3.8, 4) is 0 Å². The first kappa shape index (κ1) is 27.0. The lowest BCUT2D eigenvalue weighted by molar-refractivity contribution is -0.139. The minimum Gasteiger partial charge on any atom is -0.352 e. The number of sulfonamides is 1. The molecule has 180 valence electrons. The largest absolute Gasteiger partial charge is 0.352 e. The van der Waals surface area contributed by atoms with Crippen LogP contribution in [0.2, 0.25) is 10.0 Å². The van der Waals surface area contributed by atoms with Gasteiger partial charge < -0.3 is 10.2 Å². The fourth-order valence-electron chi connectivity index (χ4n) is 3.24. The molecule has 2 amide bonds. The molecule has 33 heavy (non-hydrogen) atoms. The second-order valence-corrected chi connectivity index (χ2v) is 10.9. The molecule has 0 aromatic heterocycles. The highest BCUT2D eigenvalue weighted by Crippen LogP contribution is 2.30. The van der Waals surface area contributed by atoms with Crippen molar-refractivity contribution >= 4 is 50.7 Å². The zero-order valence-corrected chi connectivity index (χ0v) is 21.6. The number of amides is 2. The number of nitrogens with one attached hydrogen (secondary N) is 1. The Labute approximate surface area is 205 Å². The minimum atomic E-state index is -3.87. The fourth-order valence-corrected chi connectivity index (χ4v) is 4.66. The van der Waals surface area contributed by atoms with Crippen LogP contribution in [0.15, 0.2) is 42.5 Å². The zero-order valence-electron chi connectivity index (χ0n) is 19.3. The number of carbonyl (C=O) groups excluding carboxylic acids is 2. The van der Waals surface area contributed by atoms with Crippen molar-refractivity contribution in [2.45, 2.75) is 46.3 Å². The molecule has 0 spiro atoms. The SMILES string of the molecule is Cc1ccccc1CN(C(=O)CN(c1ccc(Cl)cc1Cl)S(C)(=O)=O)C(C)C(=O)NC(C)C. The summed E-state index contributed by atoms with van der Waals surface area (Å²) in [6.07, 6.45) is 0.992. The first-order valence-electron chi connectivity index (χ1n) is 10.4. The molecule has 0 aliphatic heterocycles. The second kappa shape index (κ2) is 11.2. The van der Waals surface area contributed by atoms with Gasteiger partial charge in [0.2, 0.25) is 21.8 Å². The van der Waals surface area contributed by atoms with Crippen LogP contribution in [0.25, 0.3) is 0 Å². The van der Waals surface area contributed by atoms with Gasteiger partial charge in [-0.25, -0.2) is 8.42 Å². The molecule has 0 heterocycles. The predicted molar refractivity (Wildman–Crippen MR) is 133 cm³/mol. The van der Waals surface area contributed by atoms with Crippen molar-refractivity contribution in [3.05, 3.63) is 63.6 Å². The lowest BCUT2D eigenvalue weighted by atomic mass is 10.1. The van der Waals surface area contributed by atoms with E-state index in [-0.39, 0.29) is 29.2 Å². The highest BCUT2D eigenvalue weighted by Gasteiger charge is 2.31. The lowest BCUT2D eigenvalue weighted by Gasteiger charge is -2.32. The van der Waals surface area contributed by atoms with E-state index in [2.05, 4.69) is 5.32 Å². The third-order valence-electron chi connectivity index (χ3n) is 5.06. The summed E-state index contributed by atoms with van der Waals surface area (Å²) in [7, 11) is -3.87. The lowest BCUT2D eigenvalue weighted by Crippen LogP contribution is -2.52. The van der Waals surface area contributed by atoms with Crippen molar-refractivity contribution in [1.29, 1.82) is 0 Å². The Morgan fingerprint density at radius 3 is 2.24 bits per heavy atom. The van der Waals surface area contributed by atoms with Gasteiger partial charge in [0.05, 0.1) is 17.0 Å². The molecule has 2 rings (SSSR count). The summed E-state index contributed by atoms with van der Waals surface area (Å²) in [4.78, 5) is 27.6. The maximum atomic E-state index is 13.5. The number of rotatable bonds is 9. The third kappa shape index (κ3) is 7.35. The third-order valence-corrected chi connectivity index (χ3v) is 6.72. The van der Waals surface area contributed by atoms with E-state index < -0.39 is 28.5 Å². The van der Waals surface area contributed by atoms with Crippen LogP contribution < -0.4 is 9.62 Å². The first-order valence-corrected chi connectivity index (χ1v) is 13.0.